The fourth-order valence-electron chi connectivity index (χ4n) is 1.55. The molecule has 1 heterocycles. The molecular formula is C13H9F4NS. The van der Waals surface area contributed by atoms with Gasteiger partial charge in [0.15, 0.2) is 11.6 Å². The van der Waals surface area contributed by atoms with Crippen LogP contribution in [0.3, 0.4) is 0 Å². The summed E-state index contributed by atoms with van der Waals surface area (Å²) in [5.41, 5.74) is 1.80. The first-order valence-corrected chi connectivity index (χ1v) is 6.36. The minimum absolute atomic E-state index is 0.207. The standard InChI is InChI=1S/C13H9F4NS/c1-7-3-2-4-8(5-7)6-19-11-9(14)12(16)18-13(17)10(11)15/h2-5H,6H2,1H3. The van der Waals surface area contributed by atoms with Gasteiger partial charge in [0.05, 0.1) is 4.90 Å². The molecule has 100 valence electrons. The lowest BCUT2D eigenvalue weighted by Gasteiger charge is -2.06. The lowest BCUT2D eigenvalue weighted by Crippen LogP contribution is -2.02. The van der Waals surface area contributed by atoms with Crippen LogP contribution in [-0.2, 0) is 5.75 Å². The smallest absolute Gasteiger partial charge is 0.201 e. The summed E-state index contributed by atoms with van der Waals surface area (Å²) < 4.78 is 52.5. The van der Waals surface area contributed by atoms with Gasteiger partial charge in [-0.05, 0) is 12.5 Å². The Balaban J connectivity index is 2.25. The first-order valence-electron chi connectivity index (χ1n) is 5.37. The van der Waals surface area contributed by atoms with Crippen LogP contribution in [0.2, 0.25) is 0 Å². The van der Waals surface area contributed by atoms with Crippen molar-refractivity contribution >= 4 is 11.8 Å². The molecular weight excluding hydrogens is 278 g/mol. The number of hydrogen-bond donors (Lipinski definition) is 0. The zero-order valence-corrected chi connectivity index (χ0v) is 10.7. The molecule has 0 radical (unpaired) electrons. The Hall–Kier alpha value is -1.56. The highest BCUT2D eigenvalue weighted by Crippen LogP contribution is 2.30. The molecule has 0 unspecified atom stereocenters. The Morgan fingerprint density at radius 2 is 1.68 bits per heavy atom. The molecule has 0 amide bonds. The van der Waals surface area contributed by atoms with Gasteiger partial charge in [0, 0.05) is 5.75 Å². The average Bonchev–Trinajstić information content (AvgIpc) is 2.36. The highest BCUT2D eigenvalue weighted by Gasteiger charge is 2.20. The van der Waals surface area contributed by atoms with Gasteiger partial charge in [-0.1, -0.05) is 29.8 Å². The van der Waals surface area contributed by atoms with Gasteiger partial charge in [-0.2, -0.15) is 13.8 Å². The van der Waals surface area contributed by atoms with Gasteiger partial charge in [0.25, 0.3) is 11.9 Å². The predicted molar refractivity (Wildman–Crippen MR) is 64.8 cm³/mol. The maximum absolute atomic E-state index is 13.4. The van der Waals surface area contributed by atoms with Crippen molar-refractivity contribution < 1.29 is 17.6 Å². The van der Waals surface area contributed by atoms with Crippen molar-refractivity contribution in [3.8, 4) is 0 Å². The van der Waals surface area contributed by atoms with E-state index in [0.717, 1.165) is 11.1 Å². The van der Waals surface area contributed by atoms with E-state index in [-0.39, 0.29) is 5.75 Å². The fourth-order valence-corrected chi connectivity index (χ4v) is 2.46. The van der Waals surface area contributed by atoms with E-state index in [1.54, 1.807) is 12.1 Å². The minimum atomic E-state index is -1.63. The number of nitrogens with zero attached hydrogens (tertiary/aromatic N) is 1. The second-order valence-corrected chi connectivity index (χ2v) is 4.91. The van der Waals surface area contributed by atoms with Crippen LogP contribution in [0, 0.1) is 30.5 Å². The number of thioether (sulfide) groups is 1. The Morgan fingerprint density at radius 3 is 2.26 bits per heavy atom. The summed E-state index contributed by atoms with van der Waals surface area (Å²) >= 11 is 0.694. The van der Waals surface area contributed by atoms with Gasteiger partial charge >= 0.3 is 0 Å². The highest BCUT2D eigenvalue weighted by atomic mass is 32.2. The molecule has 0 saturated carbocycles. The first kappa shape index (κ1) is 13.9. The second-order valence-electron chi connectivity index (χ2n) is 3.93. The van der Waals surface area contributed by atoms with E-state index in [2.05, 4.69) is 4.98 Å². The Morgan fingerprint density at radius 1 is 1.05 bits per heavy atom. The molecule has 0 spiro atoms. The van der Waals surface area contributed by atoms with Crippen molar-refractivity contribution in [2.45, 2.75) is 17.6 Å². The molecule has 19 heavy (non-hydrogen) atoms. The van der Waals surface area contributed by atoms with Gasteiger partial charge in [0.1, 0.15) is 0 Å². The molecule has 1 nitrogen and oxygen atoms in total. The van der Waals surface area contributed by atoms with Crippen LogP contribution >= 0.6 is 11.8 Å². The first-order chi connectivity index (χ1) is 8.99. The van der Waals surface area contributed by atoms with Crippen molar-refractivity contribution in [1.82, 2.24) is 4.98 Å². The predicted octanol–water partition coefficient (Wildman–Crippen LogP) is 4.24. The molecule has 0 fully saturated rings. The highest BCUT2D eigenvalue weighted by molar-refractivity contribution is 7.98. The topological polar surface area (TPSA) is 12.9 Å². The molecule has 6 heteroatoms. The Kier molecular flexibility index (Phi) is 4.09. The molecule has 0 aliphatic heterocycles. The van der Waals surface area contributed by atoms with E-state index in [1.165, 1.54) is 0 Å². The zero-order chi connectivity index (χ0) is 14.0. The molecule has 2 rings (SSSR count). The molecule has 1 aromatic heterocycles. The Labute approximate surface area is 111 Å². The van der Waals surface area contributed by atoms with Gasteiger partial charge in [-0.15, -0.1) is 11.8 Å². The monoisotopic (exact) mass is 287 g/mol. The number of pyridine rings is 1. The number of halogens is 4. The summed E-state index contributed by atoms with van der Waals surface area (Å²) in [6.45, 7) is 1.88. The van der Waals surface area contributed by atoms with Crippen LogP contribution in [0.1, 0.15) is 11.1 Å². The van der Waals surface area contributed by atoms with E-state index in [9.17, 15) is 17.6 Å². The number of benzene rings is 1. The summed E-state index contributed by atoms with van der Waals surface area (Å²) in [5.74, 6) is -5.98. The molecule has 0 bridgehead atoms. The molecule has 2 aromatic rings. The molecule has 0 aliphatic carbocycles. The molecule has 0 N–H and O–H groups in total. The largest absolute Gasteiger partial charge is 0.252 e. The van der Waals surface area contributed by atoms with Crippen LogP contribution in [-0.4, -0.2) is 4.98 Å². The minimum Gasteiger partial charge on any atom is -0.201 e. The lowest BCUT2D eigenvalue weighted by atomic mass is 10.2. The van der Waals surface area contributed by atoms with E-state index in [1.807, 2.05) is 19.1 Å². The number of aromatic nitrogens is 1. The Bertz CT molecular complexity index is 590. The van der Waals surface area contributed by atoms with Crippen LogP contribution in [0.15, 0.2) is 29.2 Å². The maximum Gasteiger partial charge on any atom is 0.252 e. The van der Waals surface area contributed by atoms with Crippen LogP contribution in [0.5, 0.6) is 0 Å². The molecule has 1 aromatic carbocycles. The summed E-state index contributed by atoms with van der Waals surface area (Å²) in [7, 11) is 0. The van der Waals surface area contributed by atoms with Crippen LogP contribution in [0.25, 0.3) is 0 Å². The SMILES string of the molecule is Cc1cccc(CSc2c(F)c(F)nc(F)c2F)c1. The molecule has 0 atom stereocenters. The third kappa shape index (κ3) is 3.07. The average molecular weight is 287 g/mol. The van der Waals surface area contributed by atoms with E-state index < -0.39 is 28.4 Å². The van der Waals surface area contributed by atoms with Crippen molar-refractivity contribution in [2.24, 2.45) is 0 Å². The second kappa shape index (κ2) is 5.61. The lowest BCUT2D eigenvalue weighted by molar-refractivity contribution is 0.383. The van der Waals surface area contributed by atoms with Crippen molar-refractivity contribution in [2.75, 3.05) is 0 Å². The quantitative estimate of drug-likeness (QED) is 0.476. The number of hydrogen-bond acceptors (Lipinski definition) is 2. The molecule has 0 aliphatic rings. The summed E-state index contributed by atoms with van der Waals surface area (Å²) in [6.07, 6.45) is 0. The van der Waals surface area contributed by atoms with E-state index in [0.29, 0.717) is 11.8 Å². The number of rotatable bonds is 3. The third-order valence-electron chi connectivity index (χ3n) is 2.42. The van der Waals surface area contributed by atoms with Crippen molar-refractivity contribution in [3.63, 3.8) is 0 Å². The van der Waals surface area contributed by atoms with Gasteiger partial charge < -0.3 is 0 Å². The van der Waals surface area contributed by atoms with Crippen molar-refractivity contribution in [1.29, 1.82) is 0 Å². The third-order valence-corrected chi connectivity index (χ3v) is 3.55. The summed E-state index contributed by atoms with van der Waals surface area (Å²) in [4.78, 5) is 1.82. The van der Waals surface area contributed by atoms with Gasteiger partial charge in [0.2, 0.25) is 0 Å². The maximum atomic E-state index is 13.4. The molecule has 0 saturated heterocycles. The van der Waals surface area contributed by atoms with Crippen LogP contribution < -0.4 is 0 Å². The van der Waals surface area contributed by atoms with Crippen molar-refractivity contribution in [3.05, 3.63) is 58.9 Å². The van der Waals surface area contributed by atoms with Gasteiger partial charge in [-0.3, -0.25) is 0 Å². The zero-order valence-electron chi connectivity index (χ0n) is 9.88. The summed E-state index contributed by atoms with van der Waals surface area (Å²) in [6, 6.07) is 7.27. The van der Waals surface area contributed by atoms with Gasteiger partial charge in [-0.25, -0.2) is 8.78 Å². The number of aryl methyl sites for hydroxylation is 1. The van der Waals surface area contributed by atoms with E-state index >= 15 is 0 Å². The van der Waals surface area contributed by atoms with Crippen LogP contribution in [0.4, 0.5) is 17.6 Å². The normalized spacial score (nSPS) is 10.8. The fraction of sp³-hybridized carbons (Fsp3) is 0.154. The van der Waals surface area contributed by atoms with E-state index in [4.69, 9.17) is 0 Å². The summed E-state index contributed by atoms with van der Waals surface area (Å²) in [5, 5.41) is 0.